The van der Waals surface area contributed by atoms with Crippen LogP contribution in [-0.4, -0.2) is 18.1 Å². The molecule has 0 aliphatic carbocycles. The molecule has 16 heavy (non-hydrogen) atoms. The number of hydrogen-bond donors (Lipinski definition) is 1. The second-order valence-electron chi connectivity index (χ2n) is 4.28. The van der Waals surface area contributed by atoms with Gasteiger partial charge in [-0.05, 0) is 32.0 Å². The second kappa shape index (κ2) is 4.00. The molecule has 1 aromatic carbocycles. The number of benzene rings is 1. The van der Waals surface area contributed by atoms with E-state index >= 15 is 0 Å². The Kier molecular flexibility index (Phi) is 2.69. The van der Waals surface area contributed by atoms with Gasteiger partial charge in [-0.3, -0.25) is 4.79 Å². The van der Waals surface area contributed by atoms with Crippen molar-refractivity contribution in [2.75, 3.05) is 11.9 Å². The summed E-state index contributed by atoms with van der Waals surface area (Å²) < 4.78 is 0. The Bertz CT molecular complexity index is 557. The van der Waals surface area contributed by atoms with E-state index in [1.54, 1.807) is 12.3 Å². The Morgan fingerprint density at radius 3 is 2.69 bits per heavy atom. The van der Waals surface area contributed by atoms with Gasteiger partial charge >= 0.3 is 0 Å². The molecule has 0 atom stereocenters. The van der Waals surface area contributed by atoms with Gasteiger partial charge in [-0.2, -0.15) is 0 Å². The second-order valence-corrected chi connectivity index (χ2v) is 4.28. The minimum absolute atomic E-state index is 0.0625. The smallest absolute Gasteiger partial charge is 0.189 e. The average Bonchev–Trinajstić information content (AvgIpc) is 2.28. The predicted molar refractivity (Wildman–Crippen MR) is 68.1 cm³/mol. The van der Waals surface area contributed by atoms with Crippen molar-refractivity contribution >= 4 is 16.6 Å². The van der Waals surface area contributed by atoms with Crippen LogP contribution in [0.1, 0.15) is 13.8 Å². The lowest BCUT2D eigenvalue weighted by atomic mass is 10.1. The van der Waals surface area contributed by atoms with Crippen LogP contribution in [0.2, 0.25) is 0 Å². The Labute approximate surface area is 94.7 Å². The molecule has 1 N–H and O–H groups in total. The molecule has 2 rings (SSSR count). The van der Waals surface area contributed by atoms with Gasteiger partial charge in [0.05, 0.1) is 5.52 Å². The van der Waals surface area contributed by atoms with Crippen LogP contribution >= 0.6 is 0 Å². The molecule has 0 aliphatic rings. The summed E-state index contributed by atoms with van der Waals surface area (Å²) in [6, 6.07) is 7.86. The molecule has 0 bridgehead atoms. The highest BCUT2D eigenvalue weighted by Gasteiger charge is 2.06. The largest absolute Gasteiger partial charge is 0.372 e. The van der Waals surface area contributed by atoms with E-state index in [2.05, 4.69) is 23.7 Å². The number of pyridine rings is 1. The maximum absolute atomic E-state index is 11.6. The molecule has 0 aliphatic heterocycles. The van der Waals surface area contributed by atoms with Crippen molar-refractivity contribution in [3.8, 4) is 0 Å². The number of aromatic nitrogens is 1. The molecule has 0 spiro atoms. The third-order valence-corrected chi connectivity index (χ3v) is 2.92. The first-order valence-electron chi connectivity index (χ1n) is 5.44. The van der Waals surface area contributed by atoms with Crippen molar-refractivity contribution in [3.63, 3.8) is 0 Å². The van der Waals surface area contributed by atoms with Crippen molar-refractivity contribution in [1.29, 1.82) is 0 Å². The lowest BCUT2D eigenvalue weighted by Crippen LogP contribution is -2.25. The van der Waals surface area contributed by atoms with Crippen LogP contribution < -0.4 is 10.3 Å². The van der Waals surface area contributed by atoms with Gasteiger partial charge in [-0.25, -0.2) is 0 Å². The van der Waals surface area contributed by atoms with E-state index in [0.717, 1.165) is 16.6 Å². The van der Waals surface area contributed by atoms with E-state index in [-0.39, 0.29) is 5.43 Å². The molecule has 2 aromatic rings. The molecule has 1 heterocycles. The number of hydrogen-bond acceptors (Lipinski definition) is 2. The zero-order valence-electron chi connectivity index (χ0n) is 9.82. The number of nitrogens with zero attached hydrogens (tertiary/aromatic N) is 1. The highest BCUT2D eigenvalue weighted by Crippen LogP contribution is 2.19. The highest BCUT2D eigenvalue weighted by molar-refractivity contribution is 5.82. The molecule has 0 radical (unpaired) electrons. The van der Waals surface area contributed by atoms with Crippen LogP contribution in [0.15, 0.2) is 35.3 Å². The predicted octanol–water partition coefficient (Wildman–Crippen LogP) is 2.37. The zero-order valence-corrected chi connectivity index (χ0v) is 9.82. The molecule has 84 valence electrons. The van der Waals surface area contributed by atoms with Gasteiger partial charge in [-0.15, -0.1) is 0 Å². The minimum atomic E-state index is 0.0625. The summed E-state index contributed by atoms with van der Waals surface area (Å²) >= 11 is 0. The van der Waals surface area contributed by atoms with Crippen molar-refractivity contribution < 1.29 is 0 Å². The average molecular weight is 216 g/mol. The van der Waals surface area contributed by atoms with Crippen molar-refractivity contribution in [2.45, 2.75) is 19.9 Å². The summed E-state index contributed by atoms with van der Waals surface area (Å²) in [6.45, 7) is 4.27. The van der Waals surface area contributed by atoms with Gasteiger partial charge in [0.1, 0.15) is 0 Å². The summed E-state index contributed by atoms with van der Waals surface area (Å²) in [7, 11) is 2.05. The quantitative estimate of drug-likeness (QED) is 0.836. The van der Waals surface area contributed by atoms with Crippen LogP contribution in [0, 0.1) is 0 Å². The van der Waals surface area contributed by atoms with Crippen LogP contribution in [0.5, 0.6) is 0 Å². The normalized spacial score (nSPS) is 11.0. The highest BCUT2D eigenvalue weighted by atomic mass is 16.1. The summed E-state index contributed by atoms with van der Waals surface area (Å²) in [5.41, 5.74) is 2.06. The fourth-order valence-electron chi connectivity index (χ4n) is 1.68. The van der Waals surface area contributed by atoms with Crippen LogP contribution in [0.4, 0.5) is 5.69 Å². The van der Waals surface area contributed by atoms with Gasteiger partial charge in [-0.1, -0.05) is 0 Å². The fourth-order valence-corrected chi connectivity index (χ4v) is 1.68. The number of rotatable bonds is 2. The van der Waals surface area contributed by atoms with Crippen molar-refractivity contribution in [1.82, 2.24) is 4.98 Å². The van der Waals surface area contributed by atoms with Gasteiger partial charge < -0.3 is 9.88 Å². The van der Waals surface area contributed by atoms with Crippen LogP contribution in [0.25, 0.3) is 10.9 Å². The van der Waals surface area contributed by atoms with Crippen molar-refractivity contribution in [2.24, 2.45) is 0 Å². The minimum Gasteiger partial charge on any atom is -0.372 e. The van der Waals surface area contributed by atoms with Gasteiger partial charge in [0.25, 0.3) is 0 Å². The van der Waals surface area contributed by atoms with Crippen molar-refractivity contribution in [3.05, 3.63) is 40.7 Å². The number of H-pyrrole nitrogens is 1. The van der Waals surface area contributed by atoms with E-state index in [0.29, 0.717) is 6.04 Å². The van der Waals surface area contributed by atoms with E-state index < -0.39 is 0 Å². The van der Waals surface area contributed by atoms with Crippen LogP contribution in [0.3, 0.4) is 0 Å². The lowest BCUT2D eigenvalue weighted by Gasteiger charge is -2.23. The first-order chi connectivity index (χ1) is 7.59. The Hall–Kier alpha value is -1.77. The molecular formula is C13H16N2O. The Morgan fingerprint density at radius 2 is 2.00 bits per heavy atom. The molecule has 0 saturated carbocycles. The molecule has 0 unspecified atom stereocenters. The topological polar surface area (TPSA) is 36.1 Å². The van der Waals surface area contributed by atoms with Crippen LogP contribution in [-0.2, 0) is 0 Å². The molecule has 3 heteroatoms. The molecule has 0 fully saturated rings. The molecule has 0 amide bonds. The number of aromatic amines is 1. The molecule has 1 aromatic heterocycles. The number of fused-ring (bicyclic) bond motifs is 1. The van der Waals surface area contributed by atoms with Gasteiger partial charge in [0.15, 0.2) is 5.43 Å². The zero-order chi connectivity index (χ0) is 11.7. The van der Waals surface area contributed by atoms with E-state index in [1.165, 1.54) is 0 Å². The van der Waals surface area contributed by atoms with E-state index in [4.69, 9.17) is 0 Å². The van der Waals surface area contributed by atoms with Gasteiger partial charge in [0.2, 0.25) is 0 Å². The fraction of sp³-hybridized carbons (Fsp3) is 0.308. The molecular weight excluding hydrogens is 200 g/mol. The van der Waals surface area contributed by atoms with E-state index in [9.17, 15) is 4.79 Å². The lowest BCUT2D eigenvalue weighted by molar-refractivity contribution is 0.755. The number of anilines is 1. The molecule has 0 saturated heterocycles. The number of nitrogens with one attached hydrogen (secondary N) is 1. The molecule has 3 nitrogen and oxygen atoms in total. The summed E-state index contributed by atoms with van der Waals surface area (Å²) in [5, 5.41) is 0.739. The summed E-state index contributed by atoms with van der Waals surface area (Å²) in [6.07, 6.45) is 1.68. The maximum Gasteiger partial charge on any atom is 0.189 e. The first-order valence-corrected chi connectivity index (χ1v) is 5.44. The first kappa shape index (κ1) is 10.7. The SMILES string of the molecule is CC(C)N(C)c1ccc2c(=O)cc[nH]c2c1. The Balaban J connectivity index is 2.57. The summed E-state index contributed by atoms with van der Waals surface area (Å²) in [5.74, 6) is 0. The Morgan fingerprint density at radius 1 is 1.25 bits per heavy atom. The summed E-state index contributed by atoms with van der Waals surface area (Å²) in [4.78, 5) is 16.8. The van der Waals surface area contributed by atoms with E-state index in [1.807, 2.05) is 25.2 Å². The maximum atomic E-state index is 11.6. The third kappa shape index (κ3) is 1.81. The van der Waals surface area contributed by atoms with Gasteiger partial charge in [0, 0.05) is 36.4 Å². The standard InChI is InChI=1S/C13H16N2O/c1-9(2)15(3)10-4-5-11-12(8-10)14-7-6-13(11)16/h4-9H,1-3H3,(H,14,16). The monoisotopic (exact) mass is 216 g/mol. The third-order valence-electron chi connectivity index (χ3n) is 2.92.